The van der Waals surface area contributed by atoms with Gasteiger partial charge in [-0.2, -0.15) is 8.42 Å². The lowest BCUT2D eigenvalue weighted by molar-refractivity contribution is -0.148. The fraction of sp³-hybridized carbons (Fsp3) is 0.857. The van der Waals surface area contributed by atoms with Crippen molar-refractivity contribution in [1.29, 1.82) is 0 Å². The number of esters is 1. The van der Waals surface area contributed by atoms with Crippen LogP contribution in [0.15, 0.2) is 0 Å². The molecule has 2 N–H and O–H groups in total. The van der Waals surface area contributed by atoms with E-state index in [1.807, 2.05) is 6.92 Å². The summed E-state index contributed by atoms with van der Waals surface area (Å²) < 4.78 is 35.3. The van der Waals surface area contributed by atoms with E-state index in [1.165, 1.54) is 19.3 Å². The van der Waals surface area contributed by atoms with Crippen LogP contribution in [0.25, 0.3) is 0 Å². The average Bonchev–Trinajstić information content (AvgIpc) is 2.40. The van der Waals surface area contributed by atoms with Gasteiger partial charge in [0.25, 0.3) is 10.1 Å². The Morgan fingerprint density at radius 2 is 1.73 bits per heavy atom. The normalized spacial score (nSPS) is 14.3. The molecule has 0 fully saturated rings. The summed E-state index contributed by atoms with van der Waals surface area (Å²) in [6.07, 6.45) is 5.70. The number of carboxylic acid groups (broad SMARTS) is 1. The molecule has 0 saturated carbocycles. The van der Waals surface area contributed by atoms with E-state index in [1.54, 1.807) is 0 Å². The maximum Gasteiger partial charge on any atom is 0.325 e. The molecule has 0 aromatic rings. The molecule has 0 bridgehead atoms. The van der Waals surface area contributed by atoms with Gasteiger partial charge in [-0.3, -0.25) is 14.1 Å². The van der Waals surface area contributed by atoms with Crippen molar-refractivity contribution in [1.82, 2.24) is 0 Å². The van der Waals surface area contributed by atoms with E-state index in [9.17, 15) is 18.0 Å². The van der Waals surface area contributed by atoms with Crippen LogP contribution in [0.3, 0.4) is 0 Å². The molecular weight excluding hydrogens is 312 g/mol. The lowest BCUT2D eigenvalue weighted by Gasteiger charge is -2.13. The monoisotopic (exact) mass is 338 g/mol. The minimum Gasteiger partial charge on any atom is -0.480 e. The molecule has 0 radical (unpaired) electrons. The molecule has 0 aliphatic heterocycles. The fourth-order valence-corrected chi connectivity index (χ4v) is 2.55. The van der Waals surface area contributed by atoms with E-state index < -0.39 is 33.7 Å². The molecule has 0 aliphatic carbocycles. The second-order valence-electron chi connectivity index (χ2n) is 5.54. The molecule has 0 aromatic heterocycles. The van der Waals surface area contributed by atoms with Gasteiger partial charge >= 0.3 is 11.9 Å². The smallest absolute Gasteiger partial charge is 0.325 e. The topological polar surface area (TPSA) is 118 Å². The van der Waals surface area contributed by atoms with Crippen molar-refractivity contribution in [2.75, 3.05) is 6.61 Å². The summed E-state index contributed by atoms with van der Waals surface area (Å²) in [6, 6.07) is 0. The molecule has 0 amide bonds. The molecule has 7 nitrogen and oxygen atoms in total. The van der Waals surface area contributed by atoms with E-state index in [-0.39, 0.29) is 12.5 Å². The third kappa shape index (κ3) is 9.73. The van der Waals surface area contributed by atoms with E-state index in [2.05, 4.69) is 6.92 Å². The third-order valence-electron chi connectivity index (χ3n) is 3.32. The van der Waals surface area contributed by atoms with Gasteiger partial charge in [0, 0.05) is 0 Å². The van der Waals surface area contributed by atoms with Crippen LogP contribution in [0, 0.1) is 5.92 Å². The summed E-state index contributed by atoms with van der Waals surface area (Å²) in [5.41, 5.74) is 0. The number of hydrogen-bond donors (Lipinski definition) is 2. The van der Waals surface area contributed by atoms with Crippen molar-refractivity contribution in [3.05, 3.63) is 0 Å². The van der Waals surface area contributed by atoms with Gasteiger partial charge < -0.3 is 9.84 Å². The minimum absolute atomic E-state index is 0.116. The van der Waals surface area contributed by atoms with Crippen molar-refractivity contribution in [2.45, 2.75) is 64.0 Å². The molecule has 22 heavy (non-hydrogen) atoms. The van der Waals surface area contributed by atoms with E-state index >= 15 is 0 Å². The Bertz CT molecular complexity index is 444. The highest BCUT2D eigenvalue weighted by atomic mass is 32.2. The Hall–Kier alpha value is -1.15. The highest BCUT2D eigenvalue weighted by Gasteiger charge is 2.33. The van der Waals surface area contributed by atoms with Gasteiger partial charge in [0.1, 0.15) is 0 Å². The Morgan fingerprint density at radius 3 is 2.23 bits per heavy atom. The molecular formula is C14H26O7S. The van der Waals surface area contributed by atoms with Crippen molar-refractivity contribution in [2.24, 2.45) is 5.92 Å². The Labute approximate surface area is 131 Å². The second-order valence-corrected chi connectivity index (χ2v) is 7.14. The lowest BCUT2D eigenvalue weighted by atomic mass is 10.0. The van der Waals surface area contributed by atoms with Crippen LogP contribution in [0.2, 0.25) is 0 Å². The first kappa shape index (κ1) is 20.9. The van der Waals surface area contributed by atoms with Crippen molar-refractivity contribution < 1.29 is 32.4 Å². The summed E-state index contributed by atoms with van der Waals surface area (Å²) >= 11 is 0. The van der Waals surface area contributed by atoms with Gasteiger partial charge in [0.15, 0.2) is 5.25 Å². The number of unbranched alkanes of at least 4 members (excludes halogenated alkanes) is 4. The Morgan fingerprint density at radius 1 is 1.14 bits per heavy atom. The van der Waals surface area contributed by atoms with Crippen LogP contribution >= 0.6 is 0 Å². The summed E-state index contributed by atoms with van der Waals surface area (Å²) in [7, 11) is -4.82. The summed E-state index contributed by atoms with van der Waals surface area (Å²) in [4.78, 5) is 22.2. The summed E-state index contributed by atoms with van der Waals surface area (Å²) in [6.45, 7) is 4.16. The first-order valence-electron chi connectivity index (χ1n) is 7.53. The first-order valence-corrected chi connectivity index (χ1v) is 9.03. The largest absolute Gasteiger partial charge is 0.480 e. The zero-order valence-corrected chi connectivity index (χ0v) is 14.0. The van der Waals surface area contributed by atoms with Gasteiger partial charge in [-0.15, -0.1) is 0 Å². The number of hydrogen-bond acceptors (Lipinski definition) is 5. The van der Waals surface area contributed by atoms with Gasteiger partial charge in [0.2, 0.25) is 0 Å². The predicted molar refractivity (Wildman–Crippen MR) is 81.1 cm³/mol. The predicted octanol–water partition coefficient (Wildman–Crippen LogP) is 2.26. The van der Waals surface area contributed by atoms with E-state index in [0.29, 0.717) is 0 Å². The van der Waals surface area contributed by atoms with Crippen molar-refractivity contribution in [3.8, 4) is 0 Å². The van der Waals surface area contributed by atoms with Gasteiger partial charge in [0.05, 0.1) is 13.0 Å². The fourth-order valence-electron chi connectivity index (χ4n) is 1.95. The quantitative estimate of drug-likeness (QED) is 0.318. The maximum absolute atomic E-state index is 11.5. The second kappa shape index (κ2) is 10.6. The summed E-state index contributed by atoms with van der Waals surface area (Å²) in [5, 5.41) is 6.50. The summed E-state index contributed by atoms with van der Waals surface area (Å²) in [5.74, 6) is -2.59. The molecule has 0 aromatic carbocycles. The van der Waals surface area contributed by atoms with Crippen LogP contribution in [0.5, 0.6) is 0 Å². The number of carbonyl (C=O) groups is 2. The number of carbonyl (C=O) groups excluding carboxylic acids is 1. The Kier molecular flexibility index (Phi) is 10.0. The van der Waals surface area contributed by atoms with Gasteiger partial charge in [-0.05, 0) is 12.3 Å². The molecule has 0 saturated heterocycles. The van der Waals surface area contributed by atoms with Crippen molar-refractivity contribution in [3.63, 3.8) is 0 Å². The van der Waals surface area contributed by atoms with Crippen molar-refractivity contribution >= 4 is 22.1 Å². The SMILES string of the molecule is CCCCCCCC(C)COC(=O)CC(C(=O)O)S(=O)(=O)O. The first-order chi connectivity index (χ1) is 10.2. The highest BCUT2D eigenvalue weighted by molar-refractivity contribution is 7.87. The number of aliphatic carboxylic acids is 1. The number of ether oxygens (including phenoxy) is 1. The van der Waals surface area contributed by atoms with E-state index in [4.69, 9.17) is 14.4 Å². The number of rotatable bonds is 12. The van der Waals surface area contributed by atoms with Crippen LogP contribution in [-0.2, 0) is 24.4 Å². The van der Waals surface area contributed by atoms with Crippen LogP contribution < -0.4 is 0 Å². The van der Waals surface area contributed by atoms with Crippen LogP contribution in [0.4, 0.5) is 0 Å². The lowest BCUT2D eigenvalue weighted by Crippen LogP contribution is -2.33. The zero-order valence-electron chi connectivity index (χ0n) is 13.2. The molecule has 0 rings (SSSR count). The standard InChI is InChI=1S/C14H26O7S/c1-3-4-5-6-7-8-11(2)10-21-13(15)9-12(14(16)17)22(18,19)20/h11-12H,3-10H2,1-2H3,(H,16,17)(H,18,19,20). The molecule has 0 spiro atoms. The maximum atomic E-state index is 11.5. The molecule has 2 unspecified atom stereocenters. The zero-order chi connectivity index (χ0) is 17.2. The van der Waals surface area contributed by atoms with Gasteiger partial charge in [-0.1, -0.05) is 46.0 Å². The average molecular weight is 338 g/mol. The van der Waals surface area contributed by atoms with Crippen LogP contribution in [0.1, 0.15) is 58.8 Å². The molecule has 130 valence electrons. The minimum atomic E-state index is -4.82. The van der Waals surface area contributed by atoms with Crippen LogP contribution in [-0.4, -0.2) is 41.9 Å². The molecule has 8 heteroatoms. The Balaban J connectivity index is 4.04. The van der Waals surface area contributed by atoms with E-state index in [0.717, 1.165) is 19.3 Å². The van der Waals surface area contributed by atoms with Gasteiger partial charge in [-0.25, -0.2) is 0 Å². The number of carboxylic acids is 1. The third-order valence-corrected chi connectivity index (χ3v) is 4.40. The molecule has 0 aliphatic rings. The molecule has 2 atom stereocenters. The highest BCUT2D eigenvalue weighted by Crippen LogP contribution is 2.13. The molecule has 0 heterocycles.